The number of phenolic OH excluding ortho intramolecular Hbond substituents is 1. The number of carbonyl (C=O) groups excluding carboxylic acids is 1. The van der Waals surface area contributed by atoms with Crippen LogP contribution in [-0.4, -0.2) is 32.6 Å². The quantitative estimate of drug-likeness (QED) is 0.800. The summed E-state index contributed by atoms with van der Waals surface area (Å²) in [6.07, 6.45) is 3.29. The Kier molecular flexibility index (Phi) is 3.34. The van der Waals surface area contributed by atoms with Gasteiger partial charge in [-0.25, -0.2) is 0 Å². The summed E-state index contributed by atoms with van der Waals surface area (Å²) in [5.74, 6) is -0.325. The maximum Gasteiger partial charge on any atom is 0.255 e. The number of nitrogens with zero attached hydrogens (tertiary/aromatic N) is 3. The number of phenols is 1. The molecule has 2 N–H and O–H groups in total. The zero-order valence-corrected chi connectivity index (χ0v) is 9.08. The van der Waals surface area contributed by atoms with Crippen LogP contribution < -0.4 is 5.32 Å². The van der Waals surface area contributed by atoms with E-state index in [-0.39, 0.29) is 17.2 Å². The largest absolute Gasteiger partial charge is 0.507 e. The minimum absolute atomic E-state index is 0.0224. The molecule has 0 bridgehead atoms. The second-order valence-corrected chi connectivity index (χ2v) is 3.44. The summed E-state index contributed by atoms with van der Waals surface area (Å²) >= 11 is 0. The first-order valence-electron chi connectivity index (χ1n) is 5.17. The summed E-state index contributed by atoms with van der Waals surface area (Å²) in [7, 11) is 0. The third kappa shape index (κ3) is 2.81. The molecule has 2 aromatic rings. The Bertz CT molecular complexity index is 496. The molecular weight excluding hydrogens is 220 g/mol. The van der Waals surface area contributed by atoms with E-state index in [1.165, 1.54) is 6.07 Å². The SMILES string of the molecule is O=C(NCCn1ccnn1)c1ccccc1O. The molecule has 0 radical (unpaired) electrons. The van der Waals surface area contributed by atoms with Gasteiger partial charge in [0.15, 0.2) is 0 Å². The number of rotatable bonds is 4. The van der Waals surface area contributed by atoms with Crippen LogP contribution in [0.4, 0.5) is 0 Å². The van der Waals surface area contributed by atoms with Gasteiger partial charge in [-0.1, -0.05) is 17.3 Å². The normalized spacial score (nSPS) is 10.1. The van der Waals surface area contributed by atoms with E-state index in [4.69, 9.17) is 0 Å². The standard InChI is InChI=1S/C11H12N4O2/c16-10-4-2-1-3-9(10)11(17)12-5-7-15-8-6-13-14-15/h1-4,6,8,16H,5,7H2,(H,12,17). The van der Waals surface area contributed by atoms with E-state index in [1.54, 1.807) is 35.3 Å². The van der Waals surface area contributed by atoms with E-state index in [2.05, 4.69) is 15.6 Å². The molecule has 0 unspecified atom stereocenters. The van der Waals surface area contributed by atoms with Gasteiger partial charge in [0.25, 0.3) is 5.91 Å². The molecule has 0 spiro atoms. The lowest BCUT2D eigenvalue weighted by Gasteiger charge is -2.06. The highest BCUT2D eigenvalue weighted by Gasteiger charge is 2.08. The molecule has 2 rings (SSSR count). The Morgan fingerprint density at radius 3 is 2.94 bits per heavy atom. The van der Waals surface area contributed by atoms with Crippen molar-refractivity contribution in [1.29, 1.82) is 0 Å². The molecule has 1 amide bonds. The fourth-order valence-corrected chi connectivity index (χ4v) is 1.40. The van der Waals surface area contributed by atoms with Crippen molar-refractivity contribution in [2.45, 2.75) is 6.54 Å². The number of hydrogen-bond acceptors (Lipinski definition) is 4. The van der Waals surface area contributed by atoms with Crippen LogP contribution in [-0.2, 0) is 6.54 Å². The van der Waals surface area contributed by atoms with Crippen molar-refractivity contribution >= 4 is 5.91 Å². The Labute approximate surface area is 97.9 Å². The first-order valence-corrected chi connectivity index (χ1v) is 5.17. The highest BCUT2D eigenvalue weighted by Crippen LogP contribution is 2.14. The summed E-state index contributed by atoms with van der Waals surface area (Å²) in [6.45, 7) is 0.968. The van der Waals surface area contributed by atoms with Gasteiger partial charge in [0.2, 0.25) is 0 Å². The molecule has 1 aromatic heterocycles. The maximum absolute atomic E-state index is 11.7. The number of amides is 1. The highest BCUT2D eigenvalue weighted by molar-refractivity contribution is 5.96. The van der Waals surface area contributed by atoms with E-state index in [1.807, 2.05) is 0 Å². The van der Waals surface area contributed by atoms with Crippen molar-refractivity contribution in [3.8, 4) is 5.75 Å². The number of aromatic nitrogens is 3. The Hall–Kier alpha value is -2.37. The fourth-order valence-electron chi connectivity index (χ4n) is 1.40. The zero-order valence-electron chi connectivity index (χ0n) is 9.08. The fraction of sp³-hybridized carbons (Fsp3) is 0.182. The summed E-state index contributed by atoms with van der Waals surface area (Å²) < 4.78 is 1.62. The monoisotopic (exact) mass is 232 g/mol. The van der Waals surface area contributed by atoms with Crippen molar-refractivity contribution in [3.05, 3.63) is 42.2 Å². The van der Waals surface area contributed by atoms with Gasteiger partial charge in [0.1, 0.15) is 5.75 Å². The van der Waals surface area contributed by atoms with Crippen molar-refractivity contribution in [3.63, 3.8) is 0 Å². The van der Waals surface area contributed by atoms with Crippen LogP contribution in [0.1, 0.15) is 10.4 Å². The number of aromatic hydroxyl groups is 1. The number of nitrogens with one attached hydrogen (secondary N) is 1. The highest BCUT2D eigenvalue weighted by atomic mass is 16.3. The summed E-state index contributed by atoms with van der Waals surface area (Å²) in [6, 6.07) is 6.42. The molecule has 17 heavy (non-hydrogen) atoms. The van der Waals surface area contributed by atoms with E-state index in [9.17, 15) is 9.90 Å². The number of benzene rings is 1. The number of carbonyl (C=O) groups is 1. The Morgan fingerprint density at radius 2 is 2.24 bits per heavy atom. The summed E-state index contributed by atoms with van der Waals surface area (Å²) in [4.78, 5) is 11.7. The summed E-state index contributed by atoms with van der Waals surface area (Å²) in [5, 5.41) is 19.6. The predicted molar refractivity (Wildman–Crippen MR) is 60.5 cm³/mol. The topological polar surface area (TPSA) is 80.0 Å². The van der Waals surface area contributed by atoms with E-state index in [0.717, 1.165) is 0 Å². The second-order valence-electron chi connectivity index (χ2n) is 3.44. The van der Waals surface area contributed by atoms with Crippen LogP contribution in [0, 0.1) is 0 Å². The smallest absolute Gasteiger partial charge is 0.255 e. The molecule has 0 aliphatic heterocycles. The lowest BCUT2D eigenvalue weighted by atomic mass is 10.2. The number of para-hydroxylation sites is 1. The van der Waals surface area contributed by atoms with Gasteiger partial charge >= 0.3 is 0 Å². The van der Waals surface area contributed by atoms with Gasteiger partial charge in [0, 0.05) is 12.7 Å². The molecule has 1 aromatic carbocycles. The maximum atomic E-state index is 11.7. The molecule has 6 heteroatoms. The van der Waals surface area contributed by atoms with E-state index >= 15 is 0 Å². The zero-order chi connectivity index (χ0) is 12.1. The molecule has 1 heterocycles. The van der Waals surface area contributed by atoms with Crippen LogP contribution >= 0.6 is 0 Å². The van der Waals surface area contributed by atoms with Gasteiger partial charge in [-0.3, -0.25) is 9.48 Å². The van der Waals surface area contributed by atoms with Crippen LogP contribution in [0.3, 0.4) is 0 Å². The van der Waals surface area contributed by atoms with Crippen LogP contribution in [0.5, 0.6) is 5.75 Å². The van der Waals surface area contributed by atoms with Crippen LogP contribution in [0.15, 0.2) is 36.7 Å². The summed E-state index contributed by atoms with van der Waals surface area (Å²) in [5.41, 5.74) is 0.270. The molecule has 0 fully saturated rings. The van der Waals surface area contributed by atoms with Gasteiger partial charge < -0.3 is 10.4 Å². The first kappa shape index (κ1) is 11.1. The van der Waals surface area contributed by atoms with Crippen molar-refractivity contribution in [2.75, 3.05) is 6.54 Å². The molecule has 88 valence electrons. The van der Waals surface area contributed by atoms with Gasteiger partial charge in [0.05, 0.1) is 18.3 Å². The minimum Gasteiger partial charge on any atom is -0.507 e. The lowest BCUT2D eigenvalue weighted by Crippen LogP contribution is -2.27. The van der Waals surface area contributed by atoms with Gasteiger partial charge in [-0.15, -0.1) is 5.10 Å². The molecular formula is C11H12N4O2. The second kappa shape index (κ2) is 5.11. The van der Waals surface area contributed by atoms with Crippen LogP contribution in [0.2, 0.25) is 0 Å². The molecule has 6 nitrogen and oxygen atoms in total. The average molecular weight is 232 g/mol. The average Bonchev–Trinajstić information content (AvgIpc) is 2.82. The Balaban J connectivity index is 1.88. The van der Waals surface area contributed by atoms with Crippen molar-refractivity contribution < 1.29 is 9.90 Å². The molecule has 0 saturated carbocycles. The van der Waals surface area contributed by atoms with E-state index in [0.29, 0.717) is 13.1 Å². The van der Waals surface area contributed by atoms with Crippen molar-refractivity contribution in [1.82, 2.24) is 20.3 Å². The molecule has 0 saturated heterocycles. The van der Waals surface area contributed by atoms with E-state index < -0.39 is 0 Å². The lowest BCUT2D eigenvalue weighted by molar-refractivity contribution is 0.0949. The Morgan fingerprint density at radius 1 is 1.41 bits per heavy atom. The third-order valence-electron chi connectivity index (χ3n) is 2.25. The number of hydrogen-bond donors (Lipinski definition) is 2. The third-order valence-corrected chi connectivity index (χ3v) is 2.25. The first-order chi connectivity index (χ1) is 8.27. The predicted octanol–water partition coefficient (Wildman–Crippen LogP) is 0.414. The van der Waals surface area contributed by atoms with Gasteiger partial charge in [-0.05, 0) is 12.1 Å². The molecule has 0 aliphatic rings. The van der Waals surface area contributed by atoms with Gasteiger partial charge in [-0.2, -0.15) is 0 Å². The molecule has 0 atom stereocenters. The minimum atomic E-state index is -0.303. The van der Waals surface area contributed by atoms with Crippen molar-refractivity contribution in [2.24, 2.45) is 0 Å². The van der Waals surface area contributed by atoms with Crippen LogP contribution in [0.25, 0.3) is 0 Å². The molecule has 0 aliphatic carbocycles.